The number of hydrogen-bond donors (Lipinski definition) is 1. The Morgan fingerprint density at radius 2 is 1.62 bits per heavy atom. The van der Waals surface area contributed by atoms with Crippen molar-refractivity contribution < 1.29 is 21.6 Å². The van der Waals surface area contributed by atoms with E-state index in [1.165, 1.54) is 24.3 Å². The summed E-state index contributed by atoms with van der Waals surface area (Å²) in [6, 6.07) is 13.2. The summed E-state index contributed by atoms with van der Waals surface area (Å²) in [7, 11) is -7.53. The van der Waals surface area contributed by atoms with Gasteiger partial charge in [0.05, 0.1) is 16.3 Å². The molecular weight excluding hydrogens is 450 g/mol. The molecule has 1 amide bonds. The molecule has 8 nitrogen and oxygen atoms in total. The number of rotatable bonds is 9. The number of likely N-dealkylation sites (N-methyl/N-ethyl adjacent to an activating group) is 1. The van der Waals surface area contributed by atoms with E-state index in [1.54, 1.807) is 0 Å². The van der Waals surface area contributed by atoms with E-state index in [9.17, 15) is 21.6 Å². The first-order valence-corrected chi connectivity index (χ1v) is 13.6. The Labute approximate surface area is 190 Å². The Bertz CT molecular complexity index is 1160. The molecule has 1 unspecified atom stereocenters. The lowest BCUT2D eigenvalue weighted by atomic mass is 10.0. The summed E-state index contributed by atoms with van der Waals surface area (Å²) >= 11 is 0. The van der Waals surface area contributed by atoms with Gasteiger partial charge in [0, 0.05) is 19.0 Å². The lowest BCUT2D eigenvalue weighted by Gasteiger charge is -2.30. The number of benzene rings is 2. The molecule has 1 aliphatic rings. The molecule has 1 fully saturated rings. The van der Waals surface area contributed by atoms with Crippen LogP contribution in [0.2, 0.25) is 0 Å². The second kappa shape index (κ2) is 9.70. The van der Waals surface area contributed by atoms with Crippen molar-refractivity contribution in [3.8, 4) is 0 Å². The zero-order valence-corrected chi connectivity index (χ0v) is 20.1. The number of amides is 1. The fourth-order valence-corrected chi connectivity index (χ4v) is 6.31. The van der Waals surface area contributed by atoms with E-state index >= 15 is 0 Å². The van der Waals surface area contributed by atoms with E-state index in [4.69, 9.17) is 0 Å². The summed E-state index contributed by atoms with van der Waals surface area (Å²) in [4.78, 5) is 14.1. The molecule has 1 heterocycles. The third-order valence-electron chi connectivity index (χ3n) is 5.64. The van der Waals surface area contributed by atoms with Gasteiger partial charge in [-0.05, 0) is 49.8 Å². The van der Waals surface area contributed by atoms with Gasteiger partial charge in [0.2, 0.25) is 26.0 Å². The van der Waals surface area contributed by atoms with Crippen molar-refractivity contribution in [3.63, 3.8) is 0 Å². The van der Waals surface area contributed by atoms with Gasteiger partial charge in [-0.2, -0.15) is 0 Å². The lowest BCUT2D eigenvalue weighted by Crippen LogP contribution is -2.38. The summed E-state index contributed by atoms with van der Waals surface area (Å²) in [5.41, 5.74) is 2.30. The average molecular weight is 480 g/mol. The quantitative estimate of drug-likeness (QED) is 0.592. The van der Waals surface area contributed by atoms with Gasteiger partial charge in [0.1, 0.15) is 0 Å². The number of nitrogens with zero attached hydrogens (tertiary/aromatic N) is 2. The predicted octanol–water partition coefficient (Wildman–Crippen LogP) is 2.42. The largest absolute Gasteiger partial charge is 0.296 e. The Balaban J connectivity index is 1.79. The summed E-state index contributed by atoms with van der Waals surface area (Å²) in [5, 5.41) is 0. The molecular formula is C22H29N3O5S2. The van der Waals surface area contributed by atoms with Crippen molar-refractivity contribution in [2.45, 2.75) is 38.1 Å². The summed E-state index contributed by atoms with van der Waals surface area (Å²) < 4.78 is 53.4. The highest BCUT2D eigenvalue weighted by Crippen LogP contribution is 2.27. The zero-order chi connectivity index (χ0) is 23.5. The second-order valence-electron chi connectivity index (χ2n) is 7.72. The van der Waals surface area contributed by atoms with E-state index in [0.29, 0.717) is 0 Å². The summed E-state index contributed by atoms with van der Waals surface area (Å²) in [6.07, 6.45) is -0.0737. The van der Waals surface area contributed by atoms with Gasteiger partial charge >= 0.3 is 0 Å². The van der Waals surface area contributed by atoms with Crippen LogP contribution in [0.15, 0.2) is 53.4 Å². The Kier molecular flexibility index (Phi) is 7.39. The highest BCUT2D eigenvalue weighted by molar-refractivity contribution is 7.94. The minimum absolute atomic E-state index is 0.00694. The predicted molar refractivity (Wildman–Crippen MR) is 124 cm³/mol. The molecule has 0 saturated carbocycles. The van der Waals surface area contributed by atoms with Crippen LogP contribution >= 0.6 is 0 Å². The normalized spacial score (nSPS) is 17.1. The maximum atomic E-state index is 12.9. The lowest BCUT2D eigenvalue weighted by molar-refractivity contribution is -0.116. The highest BCUT2D eigenvalue weighted by atomic mass is 32.2. The van der Waals surface area contributed by atoms with Crippen LogP contribution in [0.4, 0.5) is 5.69 Å². The van der Waals surface area contributed by atoms with Gasteiger partial charge in [-0.1, -0.05) is 43.7 Å². The number of aryl methyl sites for hydroxylation is 1. The number of hydrogen-bond acceptors (Lipinski definition) is 6. The first-order valence-electron chi connectivity index (χ1n) is 10.5. The van der Waals surface area contributed by atoms with Crippen molar-refractivity contribution in [2.75, 3.05) is 29.7 Å². The monoisotopic (exact) mass is 479 g/mol. The van der Waals surface area contributed by atoms with Gasteiger partial charge in [-0.15, -0.1) is 0 Å². The number of carbonyl (C=O) groups excluding carboxylic acids is 1. The van der Waals surface area contributed by atoms with Crippen molar-refractivity contribution in [1.29, 1.82) is 0 Å². The highest BCUT2D eigenvalue weighted by Gasteiger charge is 2.36. The molecule has 10 heteroatoms. The second-order valence-corrected chi connectivity index (χ2v) is 11.4. The smallest absolute Gasteiger partial charge is 0.242 e. The van der Waals surface area contributed by atoms with Crippen LogP contribution < -0.4 is 9.03 Å². The molecule has 1 atom stereocenters. The molecule has 0 bridgehead atoms. The number of carbonyl (C=O) groups is 1. The van der Waals surface area contributed by atoms with Crippen molar-refractivity contribution in [1.82, 2.24) is 9.62 Å². The third-order valence-corrected chi connectivity index (χ3v) is 8.77. The van der Waals surface area contributed by atoms with E-state index in [1.807, 2.05) is 45.0 Å². The first kappa shape index (κ1) is 24.4. The molecule has 0 aliphatic carbocycles. The van der Waals surface area contributed by atoms with E-state index in [2.05, 4.69) is 9.62 Å². The molecule has 1 saturated heterocycles. The van der Waals surface area contributed by atoms with Gasteiger partial charge in [-0.25, -0.2) is 25.9 Å². The summed E-state index contributed by atoms with van der Waals surface area (Å²) in [6.45, 7) is 7.79. The molecule has 2 aromatic carbocycles. The van der Waals surface area contributed by atoms with Crippen LogP contribution in [0.25, 0.3) is 0 Å². The van der Waals surface area contributed by atoms with Gasteiger partial charge < -0.3 is 0 Å². The number of sulfonamides is 2. The van der Waals surface area contributed by atoms with Crippen LogP contribution in [-0.4, -0.2) is 53.0 Å². The Morgan fingerprint density at radius 3 is 2.12 bits per heavy atom. The molecule has 1 aliphatic heterocycles. The van der Waals surface area contributed by atoms with Crippen molar-refractivity contribution in [2.24, 2.45) is 0 Å². The van der Waals surface area contributed by atoms with Crippen molar-refractivity contribution in [3.05, 3.63) is 59.7 Å². The van der Waals surface area contributed by atoms with Crippen LogP contribution in [0.5, 0.6) is 0 Å². The first-order chi connectivity index (χ1) is 15.1. The Hall–Kier alpha value is -2.27. The molecule has 174 valence electrons. The topological polar surface area (TPSA) is 104 Å². The fourth-order valence-electron chi connectivity index (χ4n) is 3.81. The standard InChI is InChI=1S/C22H29N3O5S2/c1-4-24(5-2)21(18-8-6-17(3)7-9-18)16-23-32(29,30)20-12-10-19(11-13-20)25-22(26)14-15-31(25,27)28/h6-13,21,23H,4-5,14-16H2,1-3H3. The maximum absolute atomic E-state index is 12.9. The minimum atomic E-state index is -3.83. The van der Waals surface area contributed by atoms with Crippen LogP contribution in [-0.2, 0) is 24.8 Å². The summed E-state index contributed by atoms with van der Waals surface area (Å²) in [5.74, 6) is -0.752. The van der Waals surface area contributed by atoms with E-state index in [0.717, 1.165) is 28.5 Å². The van der Waals surface area contributed by atoms with Crippen LogP contribution in [0, 0.1) is 6.92 Å². The molecule has 32 heavy (non-hydrogen) atoms. The SMILES string of the molecule is CCN(CC)C(CNS(=O)(=O)c1ccc(N2C(=O)CCS2(=O)=O)cc1)c1ccc(C)cc1. The molecule has 2 aromatic rings. The zero-order valence-electron chi connectivity index (χ0n) is 18.5. The average Bonchev–Trinajstić information content (AvgIpc) is 3.04. The van der Waals surface area contributed by atoms with E-state index in [-0.39, 0.29) is 35.3 Å². The van der Waals surface area contributed by atoms with Crippen molar-refractivity contribution >= 4 is 31.6 Å². The molecule has 3 rings (SSSR count). The van der Waals surface area contributed by atoms with Gasteiger partial charge in [-0.3, -0.25) is 9.69 Å². The third kappa shape index (κ3) is 5.20. The minimum Gasteiger partial charge on any atom is -0.296 e. The van der Waals surface area contributed by atoms with Gasteiger partial charge in [0.15, 0.2) is 0 Å². The number of nitrogens with one attached hydrogen (secondary N) is 1. The molecule has 0 spiro atoms. The van der Waals surface area contributed by atoms with Crippen LogP contribution in [0.1, 0.15) is 37.4 Å². The maximum Gasteiger partial charge on any atom is 0.242 e. The molecule has 0 radical (unpaired) electrons. The van der Waals surface area contributed by atoms with Crippen LogP contribution in [0.3, 0.4) is 0 Å². The fraction of sp³-hybridized carbons (Fsp3) is 0.409. The van der Waals surface area contributed by atoms with E-state index < -0.39 is 26.0 Å². The van der Waals surface area contributed by atoms with Gasteiger partial charge in [0.25, 0.3) is 0 Å². The molecule has 0 aromatic heterocycles. The number of anilines is 1. The Morgan fingerprint density at radius 1 is 1.03 bits per heavy atom. The molecule has 1 N–H and O–H groups in total.